The molecule has 1 aromatic heterocycles. The summed E-state index contributed by atoms with van der Waals surface area (Å²) in [5.41, 5.74) is 3.84. The molecule has 1 fully saturated rings. The number of rotatable bonds is 4. The van der Waals surface area contributed by atoms with Gasteiger partial charge >= 0.3 is 11.9 Å². The predicted molar refractivity (Wildman–Crippen MR) is 91.2 cm³/mol. The monoisotopic (exact) mass is 328 g/mol. The Morgan fingerprint density at radius 2 is 1.92 bits per heavy atom. The number of hydrogen-bond donors (Lipinski definition) is 3. The van der Waals surface area contributed by atoms with Crippen molar-refractivity contribution in [2.24, 2.45) is 11.8 Å². The van der Waals surface area contributed by atoms with Gasteiger partial charge in [0.1, 0.15) is 0 Å². The quantitative estimate of drug-likeness (QED) is 0.732. The van der Waals surface area contributed by atoms with Crippen molar-refractivity contribution < 1.29 is 19.8 Å². The lowest BCUT2D eigenvalue weighted by Crippen LogP contribution is -2.09. The third kappa shape index (κ3) is 4.89. The number of allylic oxidation sites excluding steroid dienone is 1. The summed E-state index contributed by atoms with van der Waals surface area (Å²) in [6.45, 7) is 6.09. The highest BCUT2D eigenvalue weighted by Gasteiger charge is 2.31. The lowest BCUT2D eigenvalue weighted by atomic mass is 9.98. The Labute approximate surface area is 140 Å². The lowest BCUT2D eigenvalue weighted by Gasteiger charge is -2.06. The van der Waals surface area contributed by atoms with E-state index in [1.165, 1.54) is 24.1 Å². The van der Waals surface area contributed by atoms with E-state index in [0.717, 1.165) is 23.9 Å². The number of hydrogen-bond acceptors (Lipinski definition) is 4. The highest BCUT2D eigenvalue weighted by Crippen LogP contribution is 2.38. The van der Waals surface area contributed by atoms with Crippen LogP contribution in [0.2, 0.25) is 0 Å². The first kappa shape index (κ1) is 17.6. The van der Waals surface area contributed by atoms with Crippen LogP contribution in [0.5, 0.6) is 0 Å². The van der Waals surface area contributed by atoms with Gasteiger partial charge in [-0.1, -0.05) is 18.7 Å². The number of carboxylic acids is 2. The fourth-order valence-corrected chi connectivity index (χ4v) is 2.88. The van der Waals surface area contributed by atoms with Gasteiger partial charge in [-0.05, 0) is 47.6 Å². The van der Waals surface area contributed by atoms with Gasteiger partial charge in [0.05, 0.1) is 0 Å². The van der Waals surface area contributed by atoms with E-state index in [-0.39, 0.29) is 0 Å². The normalized spacial score (nSPS) is 21.6. The van der Waals surface area contributed by atoms with Crippen molar-refractivity contribution in [2.75, 3.05) is 13.1 Å². The van der Waals surface area contributed by atoms with Gasteiger partial charge < -0.3 is 15.5 Å². The predicted octanol–water partition coefficient (Wildman–Crippen LogP) is 2.06. The molecule has 0 amide bonds. The molecular formula is C18H20N2O4. The van der Waals surface area contributed by atoms with Crippen LogP contribution in [-0.2, 0) is 9.59 Å². The zero-order chi connectivity index (χ0) is 17.5. The zero-order valence-corrected chi connectivity index (χ0v) is 13.2. The van der Waals surface area contributed by atoms with E-state index in [2.05, 4.69) is 29.0 Å². The Morgan fingerprint density at radius 3 is 2.50 bits per heavy atom. The van der Waals surface area contributed by atoms with Crippen molar-refractivity contribution in [3.8, 4) is 0 Å². The van der Waals surface area contributed by atoms with Crippen LogP contribution in [0.3, 0.4) is 0 Å². The van der Waals surface area contributed by atoms with E-state index in [9.17, 15) is 9.59 Å². The average Bonchev–Trinajstić information content (AvgIpc) is 3.15. The number of fused-ring (bicyclic) bond motifs is 1. The summed E-state index contributed by atoms with van der Waals surface area (Å²) in [6, 6.07) is 2.18. The number of aromatic nitrogens is 1. The molecule has 126 valence electrons. The van der Waals surface area contributed by atoms with E-state index in [4.69, 9.17) is 10.2 Å². The third-order valence-electron chi connectivity index (χ3n) is 4.02. The fraction of sp³-hybridized carbons (Fsp3) is 0.278. The van der Waals surface area contributed by atoms with Crippen molar-refractivity contribution in [3.05, 3.63) is 54.4 Å². The minimum atomic E-state index is -1.26. The van der Waals surface area contributed by atoms with Gasteiger partial charge in [-0.15, -0.1) is 0 Å². The molecule has 0 aromatic carbocycles. The fourth-order valence-electron chi connectivity index (χ4n) is 2.88. The molecule has 1 aromatic rings. The first-order valence-electron chi connectivity index (χ1n) is 7.62. The number of carboxylic acid groups (broad SMARTS) is 2. The first-order chi connectivity index (χ1) is 11.5. The Morgan fingerprint density at radius 1 is 1.21 bits per heavy atom. The molecule has 0 radical (unpaired) electrons. The SMILES string of the molecule is C=Cc1cncc(C2=C[C@@H]3CNC[C@@H]3C2)c1.O=C(O)/C=C/C(=O)O. The van der Waals surface area contributed by atoms with Crippen LogP contribution in [0.4, 0.5) is 0 Å². The van der Waals surface area contributed by atoms with Gasteiger partial charge in [-0.2, -0.15) is 0 Å². The minimum Gasteiger partial charge on any atom is -0.478 e. The Kier molecular flexibility index (Phi) is 6.03. The Hall–Kier alpha value is -2.73. The number of nitrogens with one attached hydrogen (secondary N) is 1. The van der Waals surface area contributed by atoms with Crippen molar-refractivity contribution in [1.82, 2.24) is 10.3 Å². The number of aliphatic carboxylic acids is 2. The van der Waals surface area contributed by atoms with Crippen LogP contribution >= 0.6 is 0 Å². The molecule has 1 saturated heterocycles. The van der Waals surface area contributed by atoms with Gasteiger partial charge in [-0.3, -0.25) is 4.98 Å². The molecule has 0 spiro atoms. The van der Waals surface area contributed by atoms with E-state index in [1.807, 2.05) is 18.5 Å². The zero-order valence-electron chi connectivity index (χ0n) is 13.2. The smallest absolute Gasteiger partial charge is 0.328 e. The standard InChI is InChI=1S/C14H16N2.C4H4O4/c1-2-10-3-12(7-15-6-10)11-4-13-8-16-9-14(13)5-11;5-3(6)1-2-4(7)8/h2-4,6-7,13-14,16H,1,5,8-9H2;1-2H,(H,5,6)(H,7,8)/b;2-1+/t13-,14+;/m1./s1. The Balaban J connectivity index is 0.000000224. The molecule has 6 heteroatoms. The molecule has 2 aliphatic rings. The molecule has 6 nitrogen and oxygen atoms in total. The second kappa shape index (κ2) is 8.21. The Bertz CT molecular complexity index is 678. The molecule has 1 aliphatic heterocycles. The van der Waals surface area contributed by atoms with Gasteiger partial charge in [0.25, 0.3) is 0 Å². The molecule has 3 N–H and O–H groups in total. The van der Waals surface area contributed by atoms with E-state index in [1.54, 1.807) is 0 Å². The van der Waals surface area contributed by atoms with Crippen LogP contribution < -0.4 is 5.32 Å². The highest BCUT2D eigenvalue weighted by atomic mass is 16.4. The summed E-state index contributed by atoms with van der Waals surface area (Å²) in [6.07, 6.45) is 10.4. The van der Waals surface area contributed by atoms with Crippen LogP contribution in [0.15, 0.2) is 43.3 Å². The van der Waals surface area contributed by atoms with Crippen LogP contribution in [0.1, 0.15) is 17.5 Å². The molecule has 0 saturated carbocycles. The molecule has 2 atom stereocenters. The number of pyridine rings is 1. The third-order valence-corrected chi connectivity index (χ3v) is 4.02. The van der Waals surface area contributed by atoms with E-state index < -0.39 is 11.9 Å². The molecule has 0 unspecified atom stereocenters. The number of carbonyl (C=O) groups is 2. The van der Waals surface area contributed by atoms with Crippen molar-refractivity contribution in [3.63, 3.8) is 0 Å². The molecule has 3 rings (SSSR count). The van der Waals surface area contributed by atoms with Crippen LogP contribution in [-0.4, -0.2) is 40.2 Å². The summed E-state index contributed by atoms with van der Waals surface area (Å²) >= 11 is 0. The molecule has 0 bridgehead atoms. The summed E-state index contributed by atoms with van der Waals surface area (Å²) in [5.74, 6) is -0.968. The second-order valence-electron chi connectivity index (χ2n) is 5.70. The van der Waals surface area contributed by atoms with Crippen molar-refractivity contribution in [2.45, 2.75) is 6.42 Å². The number of nitrogens with zero attached hydrogens (tertiary/aromatic N) is 1. The average molecular weight is 328 g/mol. The minimum absolute atomic E-state index is 0.558. The topological polar surface area (TPSA) is 99.5 Å². The molecule has 1 aliphatic carbocycles. The molecule has 24 heavy (non-hydrogen) atoms. The maximum absolute atomic E-state index is 9.55. The summed E-state index contributed by atoms with van der Waals surface area (Å²) in [7, 11) is 0. The second-order valence-corrected chi connectivity index (χ2v) is 5.70. The van der Waals surface area contributed by atoms with E-state index in [0.29, 0.717) is 12.2 Å². The van der Waals surface area contributed by atoms with Crippen molar-refractivity contribution >= 4 is 23.6 Å². The van der Waals surface area contributed by atoms with Gasteiger partial charge in [0.2, 0.25) is 0 Å². The first-order valence-corrected chi connectivity index (χ1v) is 7.62. The molecular weight excluding hydrogens is 308 g/mol. The van der Waals surface area contributed by atoms with Gasteiger partial charge in [-0.25, -0.2) is 9.59 Å². The highest BCUT2D eigenvalue weighted by molar-refractivity contribution is 5.89. The summed E-state index contributed by atoms with van der Waals surface area (Å²) in [5, 5.41) is 19.1. The van der Waals surface area contributed by atoms with Crippen molar-refractivity contribution in [1.29, 1.82) is 0 Å². The molecule has 2 heterocycles. The maximum atomic E-state index is 9.55. The largest absolute Gasteiger partial charge is 0.478 e. The lowest BCUT2D eigenvalue weighted by molar-refractivity contribution is -0.134. The van der Waals surface area contributed by atoms with Crippen LogP contribution in [0.25, 0.3) is 11.6 Å². The van der Waals surface area contributed by atoms with Gasteiger partial charge in [0, 0.05) is 31.1 Å². The van der Waals surface area contributed by atoms with Crippen LogP contribution in [0, 0.1) is 11.8 Å². The van der Waals surface area contributed by atoms with Gasteiger partial charge in [0.15, 0.2) is 0 Å². The summed E-state index contributed by atoms with van der Waals surface area (Å²) < 4.78 is 0. The van der Waals surface area contributed by atoms with E-state index >= 15 is 0 Å². The summed E-state index contributed by atoms with van der Waals surface area (Å²) in [4.78, 5) is 23.4. The maximum Gasteiger partial charge on any atom is 0.328 e.